The van der Waals surface area contributed by atoms with Crippen LogP contribution in [0.4, 0.5) is 0 Å². The lowest BCUT2D eigenvalue weighted by Gasteiger charge is -2.08. The van der Waals surface area contributed by atoms with Crippen molar-refractivity contribution in [3.05, 3.63) is 0 Å². The molecule has 0 aromatic carbocycles. The first kappa shape index (κ1) is 9.69. The lowest BCUT2D eigenvalue weighted by Crippen LogP contribution is -2.17. The summed E-state index contributed by atoms with van der Waals surface area (Å²) < 4.78 is 5.14. The predicted octanol–water partition coefficient (Wildman–Crippen LogP) is 1.70. The van der Waals surface area contributed by atoms with Gasteiger partial charge in [0.05, 0.1) is 0 Å². The first-order valence-electron chi connectivity index (χ1n) is 3.90. The highest BCUT2D eigenvalue weighted by Crippen LogP contribution is 1.99. The maximum atomic E-state index is 10.7. The van der Waals surface area contributed by atoms with Gasteiger partial charge in [0.2, 0.25) is 9.04 Å². The average Bonchev–Trinajstić information content (AvgIpc) is 1.88. The van der Waals surface area contributed by atoms with Gasteiger partial charge >= 0.3 is 0 Å². The molecule has 10 heavy (non-hydrogen) atoms. The molecule has 2 nitrogen and oxygen atoms in total. The molecule has 0 rings (SSSR count). The summed E-state index contributed by atoms with van der Waals surface area (Å²) >= 11 is 0. The molecule has 0 aliphatic rings. The molecule has 0 aliphatic heterocycles. The van der Waals surface area contributed by atoms with Crippen LogP contribution in [0, 0.1) is 0 Å². The molecule has 3 heteroatoms. The molecule has 0 spiro atoms. The van der Waals surface area contributed by atoms with Crippen molar-refractivity contribution in [2.75, 3.05) is 0 Å². The lowest BCUT2D eigenvalue weighted by atomic mass is 10.5. The number of hydrogen-bond acceptors (Lipinski definition) is 2. The van der Waals surface area contributed by atoms with E-state index in [1.165, 1.54) is 0 Å². The Balaban J connectivity index is 3.37. The molecule has 0 aliphatic carbocycles. The first-order chi connectivity index (χ1) is 4.70. The van der Waals surface area contributed by atoms with Gasteiger partial charge in [-0.3, -0.25) is 4.79 Å². The van der Waals surface area contributed by atoms with Gasteiger partial charge in [0, 0.05) is 6.42 Å². The topological polar surface area (TPSA) is 26.3 Å². The molecule has 60 valence electrons. The second-order valence-corrected chi connectivity index (χ2v) is 4.88. The van der Waals surface area contributed by atoms with Crippen molar-refractivity contribution in [2.24, 2.45) is 0 Å². The van der Waals surface area contributed by atoms with E-state index in [9.17, 15) is 4.79 Å². The Morgan fingerprint density at radius 2 is 2.10 bits per heavy atom. The average molecular weight is 160 g/mol. The largest absolute Gasteiger partial charge is 0.522 e. The molecule has 0 amide bonds. The summed E-state index contributed by atoms with van der Waals surface area (Å²) in [4.78, 5) is 10.7. The Labute approximate surface area is 64.3 Å². The number of carbonyl (C=O) groups excluding carboxylic acids is 1. The minimum atomic E-state index is -1.13. The van der Waals surface area contributed by atoms with E-state index in [-0.39, 0.29) is 5.97 Å². The van der Waals surface area contributed by atoms with E-state index in [4.69, 9.17) is 4.43 Å². The second-order valence-electron chi connectivity index (χ2n) is 2.44. The molecule has 0 fully saturated rings. The molecule has 0 radical (unpaired) electrons. The minimum Gasteiger partial charge on any atom is -0.522 e. The van der Waals surface area contributed by atoms with Crippen molar-refractivity contribution in [1.82, 2.24) is 0 Å². The number of carbonyl (C=O) groups is 1. The molecule has 1 unspecified atom stereocenters. The third kappa shape index (κ3) is 4.55. The zero-order chi connectivity index (χ0) is 7.98. The van der Waals surface area contributed by atoms with E-state index >= 15 is 0 Å². The summed E-state index contributed by atoms with van der Waals surface area (Å²) in [6.07, 6.45) is 1.64. The van der Waals surface area contributed by atoms with Gasteiger partial charge in [-0.15, -0.1) is 0 Å². The quantitative estimate of drug-likeness (QED) is 0.585. The van der Waals surface area contributed by atoms with Gasteiger partial charge in [-0.05, 0) is 12.6 Å². The van der Waals surface area contributed by atoms with Crippen LogP contribution in [-0.2, 0) is 9.22 Å². The zero-order valence-corrected chi connectivity index (χ0v) is 8.17. The van der Waals surface area contributed by atoms with E-state index in [1.54, 1.807) is 0 Å². The smallest absolute Gasteiger partial charge is 0.292 e. The molecule has 0 aromatic rings. The van der Waals surface area contributed by atoms with E-state index in [0.29, 0.717) is 6.42 Å². The summed E-state index contributed by atoms with van der Waals surface area (Å²) in [7, 11) is -1.13. The van der Waals surface area contributed by atoms with E-state index in [0.717, 1.165) is 12.5 Å². The van der Waals surface area contributed by atoms with E-state index in [1.807, 2.05) is 6.92 Å². The fraction of sp³-hybridized carbons (Fsp3) is 0.857. The van der Waals surface area contributed by atoms with Crippen LogP contribution in [0.2, 0.25) is 12.6 Å². The third-order valence-electron chi connectivity index (χ3n) is 1.32. The van der Waals surface area contributed by atoms with Crippen LogP contribution in [0.1, 0.15) is 26.7 Å². The minimum absolute atomic E-state index is 0.0346. The number of rotatable bonds is 4. The fourth-order valence-electron chi connectivity index (χ4n) is 0.773. The highest BCUT2D eigenvalue weighted by atomic mass is 28.3. The molecule has 0 aromatic heterocycles. The molecule has 0 heterocycles. The van der Waals surface area contributed by atoms with E-state index < -0.39 is 9.04 Å². The maximum Gasteiger partial charge on any atom is 0.292 e. The Morgan fingerprint density at radius 3 is 2.50 bits per heavy atom. The Morgan fingerprint density at radius 1 is 1.50 bits per heavy atom. The van der Waals surface area contributed by atoms with E-state index in [2.05, 4.69) is 13.5 Å². The molecule has 0 bridgehead atoms. The van der Waals surface area contributed by atoms with Gasteiger partial charge in [-0.1, -0.05) is 20.3 Å². The van der Waals surface area contributed by atoms with Gasteiger partial charge in [0.1, 0.15) is 0 Å². The fourth-order valence-corrected chi connectivity index (χ4v) is 2.32. The third-order valence-corrected chi connectivity index (χ3v) is 3.37. The van der Waals surface area contributed by atoms with Crippen LogP contribution in [-0.4, -0.2) is 15.0 Å². The van der Waals surface area contributed by atoms with Crippen molar-refractivity contribution in [2.45, 2.75) is 39.3 Å². The summed E-state index contributed by atoms with van der Waals surface area (Å²) in [5, 5.41) is 0. The zero-order valence-electron chi connectivity index (χ0n) is 7.02. The summed E-state index contributed by atoms with van der Waals surface area (Å²) in [6, 6.07) is 1.10. The summed E-state index contributed by atoms with van der Waals surface area (Å²) in [5.74, 6) is -0.0346. The Kier molecular flexibility index (Phi) is 5.30. The normalized spacial score (nSPS) is 12.7. The molecule has 0 saturated carbocycles. The summed E-state index contributed by atoms with van der Waals surface area (Å²) in [6.45, 7) is 6.01. The first-order valence-corrected chi connectivity index (χ1v) is 6.34. The standard InChI is InChI=1S/C7H16O2Si/c1-4-6-10(3)9-7(8)5-2/h10H,4-6H2,1-3H3. The molecule has 0 N–H and O–H groups in total. The van der Waals surface area contributed by atoms with Crippen LogP contribution in [0.3, 0.4) is 0 Å². The van der Waals surface area contributed by atoms with Gasteiger partial charge in [0.25, 0.3) is 5.97 Å². The molecular formula is C7H16O2Si. The molecule has 1 atom stereocenters. The van der Waals surface area contributed by atoms with Crippen LogP contribution < -0.4 is 0 Å². The van der Waals surface area contributed by atoms with Gasteiger partial charge < -0.3 is 4.43 Å². The number of hydrogen-bond donors (Lipinski definition) is 0. The highest BCUT2D eigenvalue weighted by molar-refractivity contribution is 6.52. The molecule has 0 saturated heterocycles. The van der Waals surface area contributed by atoms with Crippen LogP contribution >= 0.6 is 0 Å². The van der Waals surface area contributed by atoms with Crippen molar-refractivity contribution in [1.29, 1.82) is 0 Å². The highest BCUT2D eigenvalue weighted by Gasteiger charge is 2.07. The van der Waals surface area contributed by atoms with Crippen LogP contribution in [0.15, 0.2) is 0 Å². The monoisotopic (exact) mass is 160 g/mol. The maximum absolute atomic E-state index is 10.7. The Bertz CT molecular complexity index is 104. The lowest BCUT2D eigenvalue weighted by molar-refractivity contribution is -0.134. The van der Waals surface area contributed by atoms with Gasteiger partial charge in [-0.2, -0.15) is 0 Å². The van der Waals surface area contributed by atoms with Crippen molar-refractivity contribution in [3.8, 4) is 0 Å². The van der Waals surface area contributed by atoms with Gasteiger partial charge in [0.15, 0.2) is 0 Å². The van der Waals surface area contributed by atoms with Crippen molar-refractivity contribution < 1.29 is 9.22 Å². The van der Waals surface area contributed by atoms with Crippen molar-refractivity contribution in [3.63, 3.8) is 0 Å². The summed E-state index contributed by atoms with van der Waals surface area (Å²) in [5.41, 5.74) is 0. The van der Waals surface area contributed by atoms with Crippen LogP contribution in [0.25, 0.3) is 0 Å². The van der Waals surface area contributed by atoms with Crippen LogP contribution in [0.5, 0.6) is 0 Å². The molecular weight excluding hydrogens is 144 g/mol. The SMILES string of the molecule is CCC[SiH](C)OC(=O)CC. The second kappa shape index (κ2) is 5.47. The van der Waals surface area contributed by atoms with Crippen molar-refractivity contribution >= 4 is 15.0 Å². The predicted molar refractivity (Wildman–Crippen MR) is 44.5 cm³/mol. The Hall–Kier alpha value is -0.313. The van der Waals surface area contributed by atoms with Gasteiger partial charge in [-0.25, -0.2) is 0 Å².